The van der Waals surface area contributed by atoms with Crippen LogP contribution in [0.15, 0.2) is 12.3 Å². The number of carbonyl (C=O) groups excluding carboxylic acids is 3. The molecule has 1 aliphatic rings. The molecule has 0 aliphatic carbocycles. The van der Waals surface area contributed by atoms with Gasteiger partial charge in [0, 0.05) is 31.4 Å². The molecule has 0 amide bonds. The summed E-state index contributed by atoms with van der Waals surface area (Å²) in [6.45, 7) is 28.2. The fraction of sp³-hybridized carbons (Fsp3) is 0.878. The van der Waals surface area contributed by atoms with E-state index in [1.165, 1.54) is 16.4 Å². The molecule has 0 aromatic heterocycles. The van der Waals surface area contributed by atoms with Gasteiger partial charge in [0.25, 0.3) is 0 Å². The molecule has 0 aromatic rings. The molecule has 1 aliphatic heterocycles. The van der Waals surface area contributed by atoms with Crippen LogP contribution in [0, 0.1) is 21.7 Å². The van der Waals surface area contributed by atoms with E-state index < -0.39 is 54.8 Å². The summed E-state index contributed by atoms with van der Waals surface area (Å²) in [4.78, 5) is 39.7. The molecule has 8 N–H and O–H groups in total. The molecule has 9 atom stereocenters. The Morgan fingerprint density at radius 3 is 1.25 bits per heavy atom. The van der Waals surface area contributed by atoms with E-state index in [0.29, 0.717) is 25.0 Å². The van der Waals surface area contributed by atoms with Crippen molar-refractivity contribution in [3.05, 3.63) is 12.3 Å². The number of cyclic esters (lactones) is 1. The third kappa shape index (κ3) is 38.6. The predicted molar refractivity (Wildman–Crippen MR) is 220 cm³/mol. The molecule has 0 aromatic carbocycles. The fourth-order valence-electron chi connectivity index (χ4n) is 5.26. The first-order chi connectivity index (χ1) is 24.2. The first-order valence-electron chi connectivity index (χ1n) is 18.8. The average molecular weight is 866 g/mol. The molecule has 335 valence electrons. The number of carbonyl (C=O) groups is 3. The summed E-state index contributed by atoms with van der Waals surface area (Å²) in [5.41, 5.74) is -0.722. The van der Waals surface area contributed by atoms with Gasteiger partial charge in [0.2, 0.25) is 0 Å². The average Bonchev–Trinajstić information content (AvgIpc) is 2.90. The van der Waals surface area contributed by atoms with E-state index in [9.17, 15) is 50.1 Å². The van der Waals surface area contributed by atoms with E-state index in [1.54, 1.807) is 0 Å². The standard InChI is InChI=1S/C20H38O6.C16H34O4.C4H4O2.CH4.H3OP.V/c1-13(21)8-18(25)26-16(10-15(23)12-19(2,3)4)9-14(22)11-17(24)20(5,6)7;1-15(2,3)10-13(19)8-11(17)7-12(18)9-14(20)16(4,5)6;1-3-2-4(5)6-3;;1-2;/h14-17,22-24H,8-12H2,1-7H3;11-14,17-20H,7-10H2,1-6H3;1-2H2;1H4;1H,2H2;. The Morgan fingerprint density at radius 1 is 0.661 bits per heavy atom. The van der Waals surface area contributed by atoms with Gasteiger partial charge in [-0.2, -0.15) is 0 Å². The van der Waals surface area contributed by atoms with E-state index in [-0.39, 0.29) is 104 Å². The summed E-state index contributed by atoms with van der Waals surface area (Å²) in [6.07, 6.45) is -3.26. The molecule has 1 saturated heterocycles. The molecular formula is C41H83O13PV. The third-order valence-corrected chi connectivity index (χ3v) is 8.14. The molecule has 1 fully saturated rings. The van der Waals surface area contributed by atoms with Gasteiger partial charge in [0.05, 0.1) is 42.7 Å². The second kappa shape index (κ2) is 30.1. The third-order valence-electron chi connectivity index (χ3n) is 8.14. The summed E-state index contributed by atoms with van der Waals surface area (Å²) < 4.78 is 9.63. The van der Waals surface area contributed by atoms with E-state index in [4.69, 9.17) is 9.63 Å². The number of rotatable bonds is 17. The minimum atomic E-state index is -0.874. The van der Waals surface area contributed by atoms with Crippen LogP contribution in [0.5, 0.6) is 0 Å². The van der Waals surface area contributed by atoms with Gasteiger partial charge in [-0.25, -0.2) is 0 Å². The maximum absolute atomic E-state index is 11.8. The van der Waals surface area contributed by atoms with Crippen LogP contribution >= 0.6 is 9.47 Å². The van der Waals surface area contributed by atoms with Gasteiger partial charge in [-0.1, -0.05) is 97.1 Å². The first kappa shape index (κ1) is 64.2. The van der Waals surface area contributed by atoms with Crippen molar-refractivity contribution in [1.82, 2.24) is 0 Å². The van der Waals surface area contributed by atoms with Crippen LogP contribution < -0.4 is 0 Å². The van der Waals surface area contributed by atoms with Crippen LogP contribution in [0.1, 0.15) is 162 Å². The second-order valence-corrected chi connectivity index (χ2v) is 19.2. The zero-order chi connectivity index (χ0) is 43.4. The largest absolute Gasteiger partial charge is 0.462 e. The number of ketones is 1. The Balaban J connectivity index is -0.000000255. The molecule has 0 spiro atoms. The molecule has 9 unspecified atom stereocenters. The van der Waals surface area contributed by atoms with Gasteiger partial charge < -0.3 is 50.1 Å². The Hall–Kier alpha value is -0.956. The van der Waals surface area contributed by atoms with E-state index in [2.05, 4.69) is 11.3 Å². The first-order valence-corrected chi connectivity index (χ1v) is 19.3. The van der Waals surface area contributed by atoms with Crippen LogP contribution in [0.25, 0.3) is 0 Å². The van der Waals surface area contributed by atoms with Gasteiger partial charge in [0.15, 0.2) is 0 Å². The summed E-state index contributed by atoms with van der Waals surface area (Å²) in [5, 5.41) is 70.3. The number of Topliss-reactive ketones (excluding diaryl/α,β-unsaturated/α-hetero) is 1. The van der Waals surface area contributed by atoms with Crippen molar-refractivity contribution in [3.63, 3.8) is 0 Å². The summed E-state index contributed by atoms with van der Waals surface area (Å²) in [7, 11) is 1.42. The summed E-state index contributed by atoms with van der Waals surface area (Å²) in [6, 6.07) is 0. The van der Waals surface area contributed by atoms with Crippen LogP contribution in [0.2, 0.25) is 0 Å². The van der Waals surface area contributed by atoms with Crippen molar-refractivity contribution >= 4 is 27.2 Å². The van der Waals surface area contributed by atoms with Gasteiger partial charge >= 0.3 is 11.9 Å². The number of ether oxygens (including phenoxy) is 2. The van der Waals surface area contributed by atoms with Crippen LogP contribution in [0.4, 0.5) is 0 Å². The normalized spacial score (nSPS) is 17.2. The van der Waals surface area contributed by atoms with E-state index >= 15 is 0 Å². The van der Waals surface area contributed by atoms with Crippen molar-refractivity contribution in [1.29, 1.82) is 0 Å². The van der Waals surface area contributed by atoms with E-state index in [1.807, 2.05) is 83.1 Å². The quantitative estimate of drug-likeness (QED) is 0.0511. The Labute approximate surface area is 353 Å². The topological polar surface area (TPSA) is 232 Å². The van der Waals surface area contributed by atoms with Crippen LogP contribution in [-0.4, -0.2) is 107 Å². The predicted octanol–water partition coefficient (Wildman–Crippen LogP) is 5.54. The summed E-state index contributed by atoms with van der Waals surface area (Å²) >= 11 is 0. The molecule has 1 heterocycles. The number of aliphatic hydroxyl groups excluding tert-OH is 7. The zero-order valence-electron chi connectivity index (χ0n) is 36.0. The summed E-state index contributed by atoms with van der Waals surface area (Å²) in [5.74, 6) is -0.540. The van der Waals surface area contributed by atoms with E-state index in [0.717, 1.165) is 0 Å². The van der Waals surface area contributed by atoms with Crippen LogP contribution in [-0.2, 0) is 42.4 Å². The fourth-order valence-corrected chi connectivity index (χ4v) is 5.26. The maximum Gasteiger partial charge on any atom is 0.318 e. The Morgan fingerprint density at radius 2 is 0.964 bits per heavy atom. The molecule has 0 bridgehead atoms. The molecular weight excluding hydrogens is 782 g/mol. The maximum atomic E-state index is 11.8. The smallest absolute Gasteiger partial charge is 0.318 e. The van der Waals surface area contributed by atoms with Gasteiger partial charge in [-0.05, 0) is 76.6 Å². The molecule has 15 heteroatoms. The minimum Gasteiger partial charge on any atom is -0.462 e. The van der Waals surface area contributed by atoms with Crippen molar-refractivity contribution in [2.24, 2.45) is 21.7 Å². The molecule has 1 rings (SSSR count). The molecule has 0 saturated carbocycles. The second-order valence-electron chi connectivity index (χ2n) is 19.2. The number of esters is 2. The van der Waals surface area contributed by atoms with Gasteiger partial charge in [0.1, 0.15) is 30.5 Å². The Kier molecular flexibility index (Phi) is 34.5. The number of hydrogen-bond donors (Lipinski definition) is 8. The van der Waals surface area contributed by atoms with Crippen molar-refractivity contribution in [3.8, 4) is 0 Å². The monoisotopic (exact) mass is 866 g/mol. The van der Waals surface area contributed by atoms with Crippen molar-refractivity contribution < 1.29 is 83.1 Å². The van der Waals surface area contributed by atoms with Gasteiger partial charge in [-0.15, -0.1) is 0 Å². The number of aliphatic hydroxyl groups is 7. The van der Waals surface area contributed by atoms with Crippen molar-refractivity contribution in [2.45, 2.75) is 210 Å². The van der Waals surface area contributed by atoms with Crippen molar-refractivity contribution in [2.75, 3.05) is 0 Å². The molecule has 13 nitrogen and oxygen atoms in total. The van der Waals surface area contributed by atoms with Crippen LogP contribution in [0.3, 0.4) is 0 Å². The number of hydrogen-bond acceptors (Lipinski definition) is 13. The molecule has 56 heavy (non-hydrogen) atoms. The minimum absolute atomic E-state index is 0. The zero-order valence-corrected chi connectivity index (χ0v) is 38.6. The van der Waals surface area contributed by atoms with Gasteiger partial charge in [-0.3, -0.25) is 14.4 Å². The molecule has 1 radical (unpaired) electrons. The Bertz CT molecular complexity index is 1060. The SMILES string of the molecule is C.C=C1CC(=O)O1.CC(=O)CC(=O)OC(CC(O)CC(O)C(C)(C)C)CC(O)CC(C)(C)C.CC(C)(C)CC(O)CC(O)CC(O)CC(O)C(C)(C)C.OP.[V].